The monoisotopic (exact) mass is 376 g/mol. The van der Waals surface area contributed by atoms with Crippen LogP contribution in [0.1, 0.15) is 77.0 Å². The highest BCUT2D eigenvalue weighted by atomic mass is 16.2. The van der Waals surface area contributed by atoms with E-state index in [-0.39, 0.29) is 6.61 Å². The zero-order valence-electron chi connectivity index (χ0n) is 16.6. The Labute approximate surface area is 163 Å². The third-order valence-corrected chi connectivity index (χ3v) is 5.57. The van der Waals surface area contributed by atoms with Crippen molar-refractivity contribution in [3.63, 3.8) is 0 Å². The number of aliphatic hydroxyl groups excluding tert-OH is 1. The van der Waals surface area contributed by atoms with Crippen LogP contribution in [-0.2, 0) is 0 Å². The Hall–Kier alpha value is -1.63. The summed E-state index contributed by atoms with van der Waals surface area (Å²) in [6.45, 7) is 3.15. The zero-order chi connectivity index (χ0) is 18.7. The van der Waals surface area contributed by atoms with Gasteiger partial charge in [-0.3, -0.25) is 0 Å². The van der Waals surface area contributed by atoms with Gasteiger partial charge in [0.1, 0.15) is 0 Å². The van der Waals surface area contributed by atoms with Crippen LogP contribution in [0.15, 0.2) is 0 Å². The molecule has 7 nitrogen and oxygen atoms in total. The predicted molar refractivity (Wildman–Crippen MR) is 110 cm³/mol. The van der Waals surface area contributed by atoms with Crippen LogP contribution in [0.2, 0.25) is 0 Å². The second kappa shape index (κ2) is 11.3. The number of unbranched alkanes of at least 4 members (excludes halogenated alkanes) is 2. The van der Waals surface area contributed by atoms with Crippen LogP contribution < -0.4 is 15.5 Å². The molecule has 7 heteroatoms. The van der Waals surface area contributed by atoms with Gasteiger partial charge in [-0.05, 0) is 44.9 Å². The topological polar surface area (TPSA) is 86.2 Å². The number of aromatic nitrogens is 3. The minimum Gasteiger partial charge on any atom is -0.396 e. The summed E-state index contributed by atoms with van der Waals surface area (Å²) in [7, 11) is 0. The summed E-state index contributed by atoms with van der Waals surface area (Å²) < 4.78 is 0. The van der Waals surface area contributed by atoms with Gasteiger partial charge in [0.2, 0.25) is 17.8 Å². The number of anilines is 3. The normalized spacial score (nSPS) is 18.9. The van der Waals surface area contributed by atoms with E-state index in [1.54, 1.807) is 0 Å². The molecule has 1 aliphatic heterocycles. The molecule has 0 bridgehead atoms. The Balaban J connectivity index is 1.68. The first-order chi connectivity index (χ1) is 13.3. The van der Waals surface area contributed by atoms with Crippen molar-refractivity contribution in [1.82, 2.24) is 15.0 Å². The molecule has 1 aromatic rings. The van der Waals surface area contributed by atoms with Crippen molar-refractivity contribution in [3.8, 4) is 0 Å². The molecular weight excluding hydrogens is 340 g/mol. The van der Waals surface area contributed by atoms with E-state index < -0.39 is 0 Å². The van der Waals surface area contributed by atoms with Gasteiger partial charge >= 0.3 is 0 Å². The Morgan fingerprint density at radius 1 is 0.815 bits per heavy atom. The number of aliphatic hydroxyl groups is 1. The summed E-state index contributed by atoms with van der Waals surface area (Å²) in [5.41, 5.74) is 0. The van der Waals surface area contributed by atoms with Crippen molar-refractivity contribution < 1.29 is 5.11 Å². The molecule has 0 unspecified atom stereocenters. The lowest BCUT2D eigenvalue weighted by Crippen LogP contribution is -2.30. The maximum atomic E-state index is 8.91. The van der Waals surface area contributed by atoms with Gasteiger partial charge in [-0.15, -0.1) is 0 Å². The average Bonchev–Trinajstić information content (AvgIpc) is 3.14. The first kappa shape index (κ1) is 20.1. The van der Waals surface area contributed by atoms with Crippen molar-refractivity contribution >= 4 is 17.8 Å². The van der Waals surface area contributed by atoms with Crippen LogP contribution in [0.25, 0.3) is 0 Å². The Morgan fingerprint density at radius 2 is 1.52 bits per heavy atom. The fourth-order valence-electron chi connectivity index (χ4n) is 3.96. The average molecular weight is 377 g/mol. The molecule has 27 heavy (non-hydrogen) atoms. The summed E-state index contributed by atoms with van der Waals surface area (Å²) in [5, 5.41) is 15.8. The van der Waals surface area contributed by atoms with Crippen molar-refractivity contribution in [2.45, 2.75) is 83.1 Å². The van der Waals surface area contributed by atoms with Gasteiger partial charge in [0.05, 0.1) is 0 Å². The maximum Gasteiger partial charge on any atom is 0.231 e. The van der Waals surface area contributed by atoms with Crippen LogP contribution in [-0.4, -0.2) is 52.3 Å². The zero-order valence-corrected chi connectivity index (χ0v) is 16.6. The molecule has 152 valence electrons. The van der Waals surface area contributed by atoms with E-state index >= 15 is 0 Å². The first-order valence-corrected chi connectivity index (χ1v) is 11.0. The molecule has 0 radical (unpaired) electrons. The molecule has 1 aromatic heterocycles. The van der Waals surface area contributed by atoms with Gasteiger partial charge in [-0.1, -0.05) is 32.1 Å². The second-order valence-electron chi connectivity index (χ2n) is 7.87. The Morgan fingerprint density at radius 3 is 2.26 bits per heavy atom. The van der Waals surface area contributed by atoms with Crippen molar-refractivity contribution in [2.24, 2.45) is 0 Å². The largest absolute Gasteiger partial charge is 0.396 e. The van der Waals surface area contributed by atoms with Gasteiger partial charge in [0, 0.05) is 32.3 Å². The molecular formula is C20H36N6O. The number of nitrogens with one attached hydrogen (secondary N) is 2. The molecule has 2 fully saturated rings. The van der Waals surface area contributed by atoms with E-state index in [0.717, 1.165) is 44.8 Å². The van der Waals surface area contributed by atoms with Gasteiger partial charge < -0.3 is 20.6 Å². The third-order valence-electron chi connectivity index (χ3n) is 5.57. The third kappa shape index (κ3) is 6.79. The molecule has 2 heterocycles. The molecule has 1 saturated carbocycles. The summed E-state index contributed by atoms with van der Waals surface area (Å²) in [6.07, 6.45) is 14.2. The summed E-state index contributed by atoms with van der Waals surface area (Å²) in [4.78, 5) is 16.5. The predicted octanol–water partition coefficient (Wildman–Crippen LogP) is 3.57. The van der Waals surface area contributed by atoms with Gasteiger partial charge in [-0.25, -0.2) is 0 Å². The SMILES string of the molecule is OCCCCCNc1nc(NC2CCCC2)nc(N2CCCCCCC2)n1. The van der Waals surface area contributed by atoms with Crippen LogP contribution in [0.3, 0.4) is 0 Å². The van der Waals surface area contributed by atoms with Crippen molar-refractivity contribution in [2.75, 3.05) is 41.8 Å². The molecule has 0 amide bonds. The lowest BCUT2D eigenvalue weighted by Gasteiger charge is -2.25. The van der Waals surface area contributed by atoms with Crippen LogP contribution in [0.5, 0.6) is 0 Å². The first-order valence-electron chi connectivity index (χ1n) is 11.0. The van der Waals surface area contributed by atoms with E-state index in [9.17, 15) is 0 Å². The molecule has 1 aliphatic carbocycles. The van der Waals surface area contributed by atoms with Crippen LogP contribution >= 0.6 is 0 Å². The fourth-order valence-corrected chi connectivity index (χ4v) is 3.96. The standard InChI is InChI=1S/C20H36N6O/c27-16-10-4-7-13-21-18-23-19(22-17-11-5-6-12-17)25-20(24-18)26-14-8-2-1-3-9-15-26/h17,27H,1-16H2,(H2,21,22,23,24,25). The van der Waals surface area contributed by atoms with Gasteiger partial charge in [-0.2, -0.15) is 15.0 Å². The van der Waals surface area contributed by atoms with Crippen LogP contribution in [0.4, 0.5) is 17.8 Å². The molecule has 0 atom stereocenters. The van der Waals surface area contributed by atoms with E-state index in [2.05, 4.69) is 20.5 Å². The highest BCUT2D eigenvalue weighted by molar-refractivity contribution is 5.44. The minimum absolute atomic E-state index is 0.264. The summed E-state index contributed by atoms with van der Waals surface area (Å²) >= 11 is 0. The van der Waals surface area contributed by atoms with E-state index in [1.165, 1.54) is 57.8 Å². The lowest BCUT2D eigenvalue weighted by atomic mass is 10.1. The van der Waals surface area contributed by atoms with Crippen molar-refractivity contribution in [1.29, 1.82) is 0 Å². The Kier molecular flexibility index (Phi) is 8.39. The number of rotatable bonds is 9. The van der Waals surface area contributed by atoms with E-state index in [0.29, 0.717) is 17.9 Å². The quantitative estimate of drug-likeness (QED) is 0.568. The molecule has 3 N–H and O–H groups in total. The van der Waals surface area contributed by atoms with Gasteiger partial charge in [0.15, 0.2) is 0 Å². The summed E-state index contributed by atoms with van der Waals surface area (Å²) in [5.74, 6) is 2.20. The highest BCUT2D eigenvalue weighted by Gasteiger charge is 2.19. The number of nitrogens with zero attached hydrogens (tertiary/aromatic N) is 4. The molecule has 3 rings (SSSR count). The summed E-state index contributed by atoms with van der Waals surface area (Å²) in [6, 6.07) is 0.491. The van der Waals surface area contributed by atoms with E-state index in [1.807, 2.05) is 0 Å². The maximum absolute atomic E-state index is 8.91. The number of hydrogen-bond donors (Lipinski definition) is 3. The molecule has 0 spiro atoms. The smallest absolute Gasteiger partial charge is 0.231 e. The lowest BCUT2D eigenvalue weighted by molar-refractivity contribution is 0.283. The number of hydrogen-bond acceptors (Lipinski definition) is 7. The highest BCUT2D eigenvalue weighted by Crippen LogP contribution is 2.23. The molecule has 0 aromatic carbocycles. The Bertz CT molecular complexity index is 541. The second-order valence-corrected chi connectivity index (χ2v) is 7.87. The van der Waals surface area contributed by atoms with E-state index in [4.69, 9.17) is 15.1 Å². The molecule has 1 saturated heterocycles. The van der Waals surface area contributed by atoms with Crippen LogP contribution in [0, 0.1) is 0 Å². The fraction of sp³-hybridized carbons (Fsp3) is 0.850. The minimum atomic E-state index is 0.264. The van der Waals surface area contributed by atoms with Crippen molar-refractivity contribution in [3.05, 3.63) is 0 Å². The molecule has 2 aliphatic rings. The van der Waals surface area contributed by atoms with Gasteiger partial charge in [0.25, 0.3) is 0 Å².